The lowest BCUT2D eigenvalue weighted by Gasteiger charge is -2.26. The number of thioether (sulfide) groups is 1. The minimum absolute atomic E-state index is 0.0332. The van der Waals surface area contributed by atoms with Gasteiger partial charge in [0.25, 0.3) is 0 Å². The summed E-state index contributed by atoms with van der Waals surface area (Å²) in [5.74, 6) is -0.384. The first-order valence-corrected chi connectivity index (χ1v) is 8.81. The zero-order valence-corrected chi connectivity index (χ0v) is 12.6. The van der Waals surface area contributed by atoms with Gasteiger partial charge in [-0.25, -0.2) is 8.42 Å². The maximum absolute atomic E-state index is 12.3. The summed E-state index contributed by atoms with van der Waals surface area (Å²) >= 11 is 1.41. The van der Waals surface area contributed by atoms with Crippen molar-refractivity contribution in [2.75, 3.05) is 11.5 Å². The fourth-order valence-electron chi connectivity index (χ4n) is 1.89. The fraction of sp³-hybridized carbons (Fsp3) is 0.909. The van der Waals surface area contributed by atoms with Crippen molar-refractivity contribution < 1.29 is 18.3 Å². The van der Waals surface area contributed by atoms with E-state index in [4.69, 9.17) is 5.11 Å². The maximum atomic E-state index is 12.3. The molecule has 7 heteroatoms. The second-order valence-electron chi connectivity index (χ2n) is 4.88. The third-order valence-corrected chi connectivity index (χ3v) is 6.44. The second kappa shape index (κ2) is 6.25. The van der Waals surface area contributed by atoms with Crippen LogP contribution in [0.3, 0.4) is 0 Å². The van der Waals surface area contributed by atoms with Crippen LogP contribution in [0.15, 0.2) is 0 Å². The Morgan fingerprint density at radius 1 is 1.50 bits per heavy atom. The number of hydrogen-bond donors (Lipinski definition) is 1. The summed E-state index contributed by atoms with van der Waals surface area (Å²) < 4.78 is 25.8. The molecule has 1 heterocycles. The summed E-state index contributed by atoms with van der Waals surface area (Å²) in [7, 11) is -3.48. The number of carboxylic acid groups (broad SMARTS) is 1. The number of hydrogen-bond acceptors (Lipinski definition) is 4. The number of nitrogens with zero attached hydrogens (tertiary/aromatic N) is 1. The van der Waals surface area contributed by atoms with Crippen molar-refractivity contribution in [3.8, 4) is 0 Å². The molecule has 0 saturated carbocycles. The average Bonchev–Trinajstić information content (AvgIpc) is 2.71. The SMILES string of the molecule is CCC1SCC(C(=O)O)N1S(=O)(=O)CCC(C)C. The van der Waals surface area contributed by atoms with E-state index in [1.54, 1.807) is 0 Å². The Labute approximate surface area is 113 Å². The summed E-state index contributed by atoms with van der Waals surface area (Å²) in [6.45, 7) is 5.80. The molecule has 1 aliphatic rings. The molecule has 106 valence electrons. The van der Waals surface area contributed by atoms with E-state index in [9.17, 15) is 13.2 Å². The average molecular weight is 295 g/mol. The van der Waals surface area contributed by atoms with E-state index in [2.05, 4.69) is 0 Å². The topological polar surface area (TPSA) is 74.7 Å². The number of carbonyl (C=O) groups is 1. The van der Waals surface area contributed by atoms with Gasteiger partial charge in [0.15, 0.2) is 0 Å². The van der Waals surface area contributed by atoms with Gasteiger partial charge >= 0.3 is 5.97 Å². The van der Waals surface area contributed by atoms with Gasteiger partial charge in [-0.1, -0.05) is 20.8 Å². The molecule has 1 rings (SSSR count). The normalized spacial score (nSPS) is 25.8. The Morgan fingerprint density at radius 2 is 2.11 bits per heavy atom. The van der Waals surface area contributed by atoms with Gasteiger partial charge in [0.05, 0.1) is 11.1 Å². The van der Waals surface area contributed by atoms with Crippen LogP contribution in [0.2, 0.25) is 0 Å². The predicted octanol–water partition coefficient (Wildman–Crippen LogP) is 1.60. The minimum atomic E-state index is -3.48. The summed E-state index contributed by atoms with van der Waals surface area (Å²) in [5, 5.41) is 8.89. The standard InChI is InChI=1S/C11H21NO4S2/c1-4-10-12(9(7-17-10)11(13)14)18(15,16)6-5-8(2)3/h8-10H,4-7H2,1-3H3,(H,13,14). The Morgan fingerprint density at radius 3 is 2.56 bits per heavy atom. The van der Waals surface area contributed by atoms with Crippen LogP contribution in [0.1, 0.15) is 33.6 Å². The van der Waals surface area contributed by atoms with Gasteiger partial charge in [-0.15, -0.1) is 11.8 Å². The highest BCUT2D eigenvalue weighted by molar-refractivity contribution is 8.01. The van der Waals surface area contributed by atoms with E-state index >= 15 is 0 Å². The van der Waals surface area contributed by atoms with Gasteiger partial charge in [-0.2, -0.15) is 4.31 Å². The van der Waals surface area contributed by atoms with Crippen LogP contribution in [-0.4, -0.2) is 46.7 Å². The molecule has 0 aromatic heterocycles. The monoisotopic (exact) mass is 295 g/mol. The number of aliphatic carboxylic acids is 1. The largest absolute Gasteiger partial charge is 0.480 e. The van der Waals surface area contributed by atoms with Crippen LogP contribution in [0.25, 0.3) is 0 Å². The number of carboxylic acids is 1. The summed E-state index contributed by atoms with van der Waals surface area (Å²) in [6, 6.07) is -0.905. The molecule has 2 unspecified atom stereocenters. The molecule has 5 nitrogen and oxygen atoms in total. The van der Waals surface area contributed by atoms with Crippen LogP contribution in [0.4, 0.5) is 0 Å². The molecule has 2 atom stereocenters. The highest BCUT2D eigenvalue weighted by atomic mass is 32.2. The van der Waals surface area contributed by atoms with E-state index in [0.29, 0.717) is 24.5 Å². The number of sulfonamides is 1. The Kier molecular flexibility index (Phi) is 5.48. The van der Waals surface area contributed by atoms with Crippen molar-refractivity contribution in [1.29, 1.82) is 0 Å². The second-order valence-corrected chi connectivity index (χ2v) is 8.08. The zero-order chi connectivity index (χ0) is 13.9. The van der Waals surface area contributed by atoms with Crippen LogP contribution in [0.5, 0.6) is 0 Å². The third-order valence-electron chi connectivity index (χ3n) is 2.95. The van der Waals surface area contributed by atoms with Crippen molar-refractivity contribution in [1.82, 2.24) is 4.31 Å². The molecule has 0 aromatic carbocycles. The lowest BCUT2D eigenvalue weighted by molar-refractivity contribution is -0.140. The predicted molar refractivity (Wildman–Crippen MR) is 73.0 cm³/mol. The van der Waals surface area contributed by atoms with Gasteiger partial charge in [-0.05, 0) is 18.8 Å². The van der Waals surface area contributed by atoms with Gasteiger partial charge in [0.2, 0.25) is 10.0 Å². The molecule has 0 radical (unpaired) electrons. The summed E-state index contributed by atoms with van der Waals surface area (Å²) in [4.78, 5) is 11.1. The Bertz CT molecular complexity index is 394. The van der Waals surface area contributed by atoms with Gasteiger partial charge in [-0.3, -0.25) is 4.79 Å². The quantitative estimate of drug-likeness (QED) is 0.805. The molecule has 0 aliphatic carbocycles. The molecular weight excluding hydrogens is 274 g/mol. The van der Waals surface area contributed by atoms with Crippen molar-refractivity contribution in [2.24, 2.45) is 5.92 Å². The van der Waals surface area contributed by atoms with Crippen LogP contribution >= 0.6 is 11.8 Å². The molecule has 0 amide bonds. The van der Waals surface area contributed by atoms with Crippen molar-refractivity contribution >= 4 is 27.8 Å². The minimum Gasteiger partial charge on any atom is -0.480 e. The van der Waals surface area contributed by atoms with E-state index < -0.39 is 22.0 Å². The Hall–Kier alpha value is -0.270. The van der Waals surface area contributed by atoms with Crippen LogP contribution < -0.4 is 0 Å². The van der Waals surface area contributed by atoms with Crippen molar-refractivity contribution in [2.45, 2.75) is 45.0 Å². The van der Waals surface area contributed by atoms with Crippen LogP contribution in [-0.2, 0) is 14.8 Å². The molecule has 0 aromatic rings. The van der Waals surface area contributed by atoms with Crippen LogP contribution in [0, 0.1) is 5.92 Å². The van der Waals surface area contributed by atoms with Gasteiger partial charge in [0, 0.05) is 5.75 Å². The molecule has 1 N–H and O–H groups in total. The van der Waals surface area contributed by atoms with E-state index in [-0.39, 0.29) is 11.1 Å². The molecule has 1 fully saturated rings. The smallest absolute Gasteiger partial charge is 0.322 e. The first-order chi connectivity index (χ1) is 8.29. The summed E-state index contributed by atoms with van der Waals surface area (Å²) in [5.41, 5.74) is 0. The summed E-state index contributed by atoms with van der Waals surface area (Å²) in [6.07, 6.45) is 1.20. The van der Waals surface area contributed by atoms with Gasteiger partial charge in [0.1, 0.15) is 6.04 Å². The van der Waals surface area contributed by atoms with Crippen molar-refractivity contribution in [3.05, 3.63) is 0 Å². The van der Waals surface area contributed by atoms with E-state index in [1.807, 2.05) is 20.8 Å². The number of rotatable bonds is 6. The van der Waals surface area contributed by atoms with Gasteiger partial charge < -0.3 is 5.11 Å². The Balaban J connectivity index is 2.90. The highest BCUT2D eigenvalue weighted by Gasteiger charge is 2.44. The molecule has 0 bridgehead atoms. The lowest BCUT2D eigenvalue weighted by Crippen LogP contribution is -2.46. The maximum Gasteiger partial charge on any atom is 0.322 e. The fourth-order valence-corrected chi connectivity index (χ4v) is 5.84. The zero-order valence-electron chi connectivity index (χ0n) is 11.0. The molecule has 18 heavy (non-hydrogen) atoms. The molecular formula is C11H21NO4S2. The third kappa shape index (κ3) is 3.61. The molecule has 1 aliphatic heterocycles. The highest BCUT2D eigenvalue weighted by Crippen LogP contribution is 2.34. The lowest BCUT2D eigenvalue weighted by atomic mass is 10.2. The van der Waals surface area contributed by atoms with Crippen molar-refractivity contribution in [3.63, 3.8) is 0 Å². The van der Waals surface area contributed by atoms with E-state index in [0.717, 1.165) is 0 Å². The molecule has 1 saturated heterocycles. The molecule has 0 spiro atoms. The van der Waals surface area contributed by atoms with E-state index in [1.165, 1.54) is 16.1 Å². The first kappa shape index (κ1) is 15.8. The first-order valence-electron chi connectivity index (χ1n) is 6.15.